The van der Waals surface area contributed by atoms with E-state index in [0.29, 0.717) is 12.5 Å². The Morgan fingerprint density at radius 1 is 0.396 bits per heavy atom. The van der Waals surface area contributed by atoms with E-state index in [4.69, 9.17) is 9.47 Å². The summed E-state index contributed by atoms with van der Waals surface area (Å²) < 4.78 is 14.4. The minimum absolute atomic E-state index is 0. The molecule has 1 aliphatic heterocycles. The number of aromatic nitrogens is 4. The van der Waals surface area contributed by atoms with E-state index >= 15 is 0 Å². The molecule has 3 heterocycles. The molecule has 1 saturated heterocycles. The molecule has 0 atom stereocenters. The van der Waals surface area contributed by atoms with Gasteiger partial charge in [-0.25, -0.2) is 29.7 Å². The Morgan fingerprint density at radius 3 is 0.780 bits per heavy atom. The van der Waals surface area contributed by atoms with Gasteiger partial charge in [0.05, 0.1) is 34.0 Å². The molecule has 3 aromatic carbocycles. The van der Waals surface area contributed by atoms with Crippen molar-refractivity contribution in [3.8, 4) is 0 Å². The number of nitrogens with zero attached hydrogens (tertiary/aromatic N) is 4. The van der Waals surface area contributed by atoms with Crippen LogP contribution >= 0.6 is 0 Å². The summed E-state index contributed by atoms with van der Waals surface area (Å²) in [5.74, 6) is 4.03. The van der Waals surface area contributed by atoms with E-state index < -0.39 is 0 Å². The third kappa shape index (κ3) is 117. The van der Waals surface area contributed by atoms with Crippen LogP contribution in [0, 0.1) is 73.1 Å². The van der Waals surface area contributed by atoms with Crippen molar-refractivity contribution in [1.82, 2.24) is 19.9 Å². The maximum atomic E-state index is 9.59. The van der Waals surface area contributed by atoms with Crippen molar-refractivity contribution < 1.29 is 28.8 Å². The van der Waals surface area contributed by atoms with Crippen molar-refractivity contribution in [2.24, 2.45) is 17.8 Å². The largest absolute Gasteiger partial charge is 0.469 e. The fraction of sp³-hybridized carbons (Fsp3) is 0.691. The first kappa shape index (κ1) is 135. The first-order chi connectivity index (χ1) is 37.9. The number of hydrogen-bond donors (Lipinski definition) is 0. The molecule has 1 aliphatic carbocycles. The Hall–Kier alpha value is -4.61. The number of hydrogen-bond acceptors (Lipinski definition) is 10. The number of ether oxygens (including phenoxy) is 3. The number of carbonyl (C=O) groups excluding carboxylic acids is 1. The molecule has 0 amide bonds. The van der Waals surface area contributed by atoms with Crippen LogP contribution in [-0.4, -0.2) is 66.2 Å². The smallest absolute Gasteiger partial charge is 0.302 e. The number of carbonyl (C=O) groups is 1. The molecular weight excluding hydrogens is 1120 g/mol. The van der Waals surface area contributed by atoms with E-state index in [2.05, 4.69) is 227 Å². The van der Waals surface area contributed by atoms with Crippen LogP contribution in [0.25, 0.3) is 10.8 Å². The maximum Gasteiger partial charge on any atom is 0.302 e. The van der Waals surface area contributed by atoms with Gasteiger partial charge in [0.15, 0.2) is 6.29 Å². The summed E-state index contributed by atoms with van der Waals surface area (Å²) in [6, 6.07) is 21.6. The van der Waals surface area contributed by atoms with Crippen molar-refractivity contribution in [3.05, 3.63) is 130 Å². The highest BCUT2D eigenvalue weighted by molar-refractivity contribution is 5.83. The highest BCUT2D eigenvalue weighted by atomic mass is 17.2. The highest BCUT2D eigenvalue weighted by Crippen LogP contribution is 2.27. The number of fused-ring (bicyclic) bond motifs is 1. The molecule has 2 fully saturated rings. The summed E-state index contributed by atoms with van der Waals surface area (Å²) in [6.45, 7) is 56.0. The zero-order chi connectivity index (χ0) is 63.1. The molecule has 91 heavy (non-hydrogen) atoms. The summed E-state index contributed by atoms with van der Waals surface area (Å²) in [5, 5.41) is 2.67. The second-order valence-electron chi connectivity index (χ2n) is 20.3. The van der Waals surface area contributed by atoms with Gasteiger partial charge in [-0.3, -0.25) is 4.79 Å². The van der Waals surface area contributed by atoms with Crippen LogP contribution in [0.4, 0.5) is 0 Å². The fourth-order valence-electron chi connectivity index (χ4n) is 5.28. The quantitative estimate of drug-likeness (QED) is 0.0961. The molecule has 1 saturated carbocycles. The van der Waals surface area contributed by atoms with E-state index in [1.54, 1.807) is 0 Å². The Kier molecular flexibility index (Phi) is 154. The van der Waals surface area contributed by atoms with Crippen LogP contribution in [0.5, 0.6) is 0 Å². The standard InChI is InChI=1S/C12H12.C8H16.C8H10.2C6H8N2.C6H12O2.C3H6O2.C3H8O2.6C3H8.11CH4/c1-9-3-5-12-8-10(2)4-6-11(12)7-9;2*1-7-3-5-8(2)6-4-7;3*1-5-3-7-6(2)8-4-5;1-3(4)5-2;1-3-5-4-2;6*1-3-2;;;;;;;;;;;/h3-8H,1-2H3;7-8H,3-6H2,1-2H3;3-6H,1-2H3;2*3-4H,1-2H3;5-6H,3-4H2,1-2H3;1-2H3;3H2,1-2H3;6*3H2,1-2H3;11*1H4. The Labute approximate surface area is 577 Å². The minimum Gasteiger partial charge on any atom is -0.469 e. The monoisotopic (exact) mass is 1300 g/mol. The molecule has 0 radical (unpaired) electrons. The van der Waals surface area contributed by atoms with Gasteiger partial charge >= 0.3 is 5.97 Å². The normalized spacial score (nSPS) is 12.8. The third-order valence-corrected chi connectivity index (χ3v) is 9.25. The molecule has 552 valence electrons. The van der Waals surface area contributed by atoms with Crippen LogP contribution in [0.15, 0.2) is 85.5 Å². The third-order valence-electron chi connectivity index (χ3n) is 9.25. The summed E-state index contributed by atoms with van der Waals surface area (Å²) in [4.78, 5) is 34.0. The lowest BCUT2D eigenvalue weighted by Gasteiger charge is -2.24. The van der Waals surface area contributed by atoms with Crippen molar-refractivity contribution in [2.45, 2.75) is 332 Å². The molecule has 2 aliphatic rings. The molecule has 0 spiro atoms. The average Bonchev–Trinajstić information content (AvgIpc) is 3.41. The van der Waals surface area contributed by atoms with Gasteiger partial charge in [0.25, 0.3) is 0 Å². The fourth-order valence-corrected chi connectivity index (χ4v) is 5.28. The first-order valence-electron chi connectivity index (χ1n) is 30.3. The Balaban J connectivity index is -0.0000000400. The van der Waals surface area contributed by atoms with Crippen LogP contribution in [-0.2, 0) is 28.8 Å². The summed E-state index contributed by atoms with van der Waals surface area (Å²) in [7, 11) is 2.84. The lowest BCUT2D eigenvalue weighted by atomic mass is 9.84. The van der Waals surface area contributed by atoms with E-state index in [1.165, 1.54) is 118 Å². The predicted octanol–water partition coefficient (Wildman–Crippen LogP) is 28.1. The number of benzene rings is 3. The van der Waals surface area contributed by atoms with Crippen molar-refractivity contribution in [3.63, 3.8) is 0 Å². The van der Waals surface area contributed by atoms with Gasteiger partial charge in [-0.2, -0.15) is 0 Å². The molecule has 0 unspecified atom stereocenters. The molecule has 10 nitrogen and oxygen atoms in total. The molecule has 0 N–H and O–H groups in total. The summed E-state index contributed by atoms with van der Waals surface area (Å²) in [6.07, 6.45) is 20.6. The number of rotatable bonds is 2. The molecule has 2 aromatic heterocycles. The minimum atomic E-state index is -0.245. The van der Waals surface area contributed by atoms with Crippen LogP contribution in [0.1, 0.15) is 316 Å². The van der Waals surface area contributed by atoms with E-state index in [-0.39, 0.29) is 94.0 Å². The van der Waals surface area contributed by atoms with Gasteiger partial charge in [0.1, 0.15) is 11.6 Å². The van der Waals surface area contributed by atoms with E-state index in [9.17, 15) is 4.79 Å². The average molecular weight is 1300 g/mol. The molecule has 0 bridgehead atoms. The summed E-state index contributed by atoms with van der Waals surface area (Å²) >= 11 is 0. The predicted molar refractivity (Wildman–Crippen MR) is 426 cm³/mol. The number of esters is 1. The topological polar surface area (TPSA) is 115 Å². The second kappa shape index (κ2) is 104. The van der Waals surface area contributed by atoms with E-state index in [1.807, 2.05) is 66.3 Å². The zero-order valence-corrected chi connectivity index (χ0v) is 57.3. The van der Waals surface area contributed by atoms with Gasteiger partial charge < -0.3 is 14.2 Å². The molecule has 10 heteroatoms. The lowest BCUT2D eigenvalue weighted by molar-refractivity contribution is -0.268. The first-order valence-corrected chi connectivity index (χ1v) is 30.3. The number of aryl methyl sites for hydroxylation is 8. The SMILES string of the molecule is C.C.C.C.C.C.C.C.C.C.C.CC1CCC(C)CC1.CC1COC(C)OC1.CCC.CCC.CCC.CCC.CCC.CCC.CCOOC.COC(C)=O.Cc1ccc(C)cc1.Cc1ccc2cc(C)ccc2c1.Cc1cnc(C)nc1.Cc1cnc(C)nc1. The van der Waals surface area contributed by atoms with Gasteiger partial charge in [0.2, 0.25) is 0 Å². The lowest BCUT2D eigenvalue weighted by Crippen LogP contribution is -2.27. The zero-order valence-electron chi connectivity index (χ0n) is 57.3. The number of methoxy groups -OCH3 is 1. The van der Waals surface area contributed by atoms with Crippen LogP contribution < -0.4 is 0 Å². The summed E-state index contributed by atoms with van der Waals surface area (Å²) in [5.41, 5.74) is 7.52. The maximum absolute atomic E-state index is 9.59. The highest BCUT2D eigenvalue weighted by Gasteiger charge is 2.14. The van der Waals surface area contributed by atoms with Crippen molar-refractivity contribution >= 4 is 16.7 Å². The van der Waals surface area contributed by atoms with Crippen LogP contribution in [0.3, 0.4) is 0 Å². The second-order valence-corrected chi connectivity index (χ2v) is 20.3. The van der Waals surface area contributed by atoms with Gasteiger partial charge in [-0.05, 0) is 103 Å². The molecule has 7 rings (SSSR count). The Morgan fingerprint density at radius 2 is 0.615 bits per heavy atom. The van der Waals surface area contributed by atoms with Crippen molar-refractivity contribution in [2.75, 3.05) is 34.0 Å². The van der Waals surface area contributed by atoms with Gasteiger partial charge in [-0.1, -0.05) is 333 Å². The molecule has 5 aromatic rings. The van der Waals surface area contributed by atoms with E-state index in [0.717, 1.165) is 47.8 Å². The molecular formula is C81H172N4O6. The van der Waals surface area contributed by atoms with Crippen molar-refractivity contribution in [1.29, 1.82) is 0 Å². The Bertz CT molecular complexity index is 1680. The van der Waals surface area contributed by atoms with Gasteiger partial charge in [0, 0.05) is 37.6 Å². The van der Waals surface area contributed by atoms with Gasteiger partial charge in [-0.15, -0.1) is 0 Å². The van der Waals surface area contributed by atoms with Crippen LogP contribution in [0.2, 0.25) is 0 Å².